The second-order valence-corrected chi connectivity index (χ2v) is 5.04. The highest BCUT2D eigenvalue weighted by Crippen LogP contribution is 2.18. The topological polar surface area (TPSA) is 93.4 Å². The van der Waals surface area contributed by atoms with Crippen LogP contribution in [-0.4, -0.2) is 19.0 Å². The molecule has 2 aromatic rings. The minimum atomic E-state index is -0.614. The highest BCUT2D eigenvalue weighted by molar-refractivity contribution is 5.94. The Morgan fingerprint density at radius 2 is 1.83 bits per heavy atom. The van der Waals surface area contributed by atoms with Crippen LogP contribution >= 0.6 is 0 Å². The summed E-state index contributed by atoms with van der Waals surface area (Å²) in [7, 11) is 1.56. The van der Waals surface area contributed by atoms with Crippen molar-refractivity contribution in [2.75, 3.05) is 12.4 Å². The van der Waals surface area contributed by atoms with Crippen LogP contribution in [0, 0.1) is 0 Å². The minimum Gasteiger partial charge on any atom is -0.497 e. The van der Waals surface area contributed by atoms with Gasteiger partial charge in [0, 0.05) is 11.3 Å². The Kier molecular flexibility index (Phi) is 5.19. The monoisotopic (exact) mass is 313 g/mol. The van der Waals surface area contributed by atoms with Gasteiger partial charge in [-0.1, -0.05) is 18.2 Å². The Labute approximate surface area is 134 Å². The standard InChI is InChI=1S/C17H19N3O3/c1-11(12-6-8-14(9-7-12)20-17(18)22)19-16(21)13-4-3-5-15(10-13)23-2/h3-11H,1-2H3,(H,19,21)(H3,18,20,22). The smallest absolute Gasteiger partial charge is 0.316 e. The first kappa shape index (κ1) is 16.4. The van der Waals surface area contributed by atoms with Gasteiger partial charge in [0.1, 0.15) is 5.75 Å². The van der Waals surface area contributed by atoms with Gasteiger partial charge in [-0.3, -0.25) is 4.79 Å². The molecule has 2 rings (SSSR count). The van der Waals surface area contributed by atoms with Gasteiger partial charge in [0.25, 0.3) is 5.91 Å². The lowest BCUT2D eigenvalue weighted by Gasteiger charge is -2.15. The molecule has 0 spiro atoms. The first-order valence-electron chi connectivity index (χ1n) is 7.11. The van der Waals surface area contributed by atoms with Crippen LogP contribution in [0.3, 0.4) is 0 Å². The van der Waals surface area contributed by atoms with E-state index in [2.05, 4.69) is 10.6 Å². The fourth-order valence-electron chi connectivity index (χ4n) is 2.13. The van der Waals surface area contributed by atoms with Gasteiger partial charge in [-0.15, -0.1) is 0 Å². The Hall–Kier alpha value is -3.02. The molecule has 0 saturated heterocycles. The number of amides is 3. The normalized spacial score (nSPS) is 11.4. The van der Waals surface area contributed by atoms with Gasteiger partial charge >= 0.3 is 6.03 Å². The summed E-state index contributed by atoms with van der Waals surface area (Å²) in [6.07, 6.45) is 0. The highest BCUT2D eigenvalue weighted by atomic mass is 16.5. The SMILES string of the molecule is COc1cccc(C(=O)NC(C)c2ccc(NC(N)=O)cc2)c1. The number of urea groups is 1. The average Bonchev–Trinajstić information content (AvgIpc) is 2.55. The predicted molar refractivity (Wildman–Crippen MR) is 88.5 cm³/mol. The first-order valence-corrected chi connectivity index (χ1v) is 7.11. The Morgan fingerprint density at radius 1 is 1.13 bits per heavy atom. The lowest BCUT2D eigenvalue weighted by atomic mass is 10.1. The molecule has 6 nitrogen and oxygen atoms in total. The summed E-state index contributed by atoms with van der Waals surface area (Å²) in [6.45, 7) is 1.88. The number of hydrogen-bond acceptors (Lipinski definition) is 3. The zero-order valence-corrected chi connectivity index (χ0v) is 13.0. The van der Waals surface area contributed by atoms with Crippen molar-refractivity contribution in [3.05, 3.63) is 59.7 Å². The molecule has 0 aliphatic heterocycles. The highest BCUT2D eigenvalue weighted by Gasteiger charge is 2.12. The van der Waals surface area contributed by atoms with E-state index >= 15 is 0 Å². The third-order valence-corrected chi connectivity index (χ3v) is 3.36. The van der Waals surface area contributed by atoms with Crippen molar-refractivity contribution in [1.82, 2.24) is 5.32 Å². The molecular formula is C17H19N3O3. The van der Waals surface area contributed by atoms with Crippen LogP contribution in [0.4, 0.5) is 10.5 Å². The number of nitrogens with one attached hydrogen (secondary N) is 2. The van der Waals surface area contributed by atoms with E-state index in [1.54, 1.807) is 43.5 Å². The van der Waals surface area contributed by atoms with E-state index in [4.69, 9.17) is 10.5 Å². The van der Waals surface area contributed by atoms with Crippen LogP contribution in [-0.2, 0) is 0 Å². The van der Waals surface area contributed by atoms with Crippen molar-refractivity contribution >= 4 is 17.6 Å². The molecule has 1 unspecified atom stereocenters. The molecule has 0 saturated carbocycles. The molecule has 1 atom stereocenters. The number of benzene rings is 2. The summed E-state index contributed by atoms with van der Waals surface area (Å²) in [4.78, 5) is 23.1. The third kappa shape index (κ3) is 4.47. The van der Waals surface area contributed by atoms with Crippen molar-refractivity contribution < 1.29 is 14.3 Å². The molecule has 0 heterocycles. The van der Waals surface area contributed by atoms with Crippen LogP contribution in [0.2, 0.25) is 0 Å². The van der Waals surface area contributed by atoms with Gasteiger partial charge in [0.05, 0.1) is 13.2 Å². The molecular weight excluding hydrogens is 294 g/mol. The fraction of sp³-hybridized carbons (Fsp3) is 0.176. The van der Waals surface area contributed by atoms with Crippen molar-refractivity contribution in [3.63, 3.8) is 0 Å². The molecule has 0 aliphatic rings. The third-order valence-electron chi connectivity index (χ3n) is 3.36. The van der Waals surface area contributed by atoms with Crippen LogP contribution in [0.15, 0.2) is 48.5 Å². The molecule has 2 aromatic carbocycles. The molecule has 0 radical (unpaired) electrons. The molecule has 0 fully saturated rings. The van der Waals surface area contributed by atoms with Gasteiger partial charge in [0.15, 0.2) is 0 Å². The van der Waals surface area contributed by atoms with Gasteiger partial charge in [-0.05, 0) is 42.8 Å². The lowest BCUT2D eigenvalue weighted by molar-refractivity contribution is 0.0939. The van der Waals surface area contributed by atoms with Crippen molar-refractivity contribution in [3.8, 4) is 5.75 Å². The van der Waals surface area contributed by atoms with E-state index in [0.717, 1.165) is 5.56 Å². The van der Waals surface area contributed by atoms with Gasteiger partial charge < -0.3 is 21.1 Å². The van der Waals surface area contributed by atoms with E-state index in [0.29, 0.717) is 17.0 Å². The maximum atomic E-state index is 12.3. The summed E-state index contributed by atoms with van der Waals surface area (Å²) in [5, 5.41) is 5.41. The second-order valence-electron chi connectivity index (χ2n) is 5.04. The van der Waals surface area contributed by atoms with E-state index in [9.17, 15) is 9.59 Å². The largest absolute Gasteiger partial charge is 0.497 e. The lowest BCUT2D eigenvalue weighted by Crippen LogP contribution is -2.26. The molecule has 0 aliphatic carbocycles. The average molecular weight is 313 g/mol. The van der Waals surface area contributed by atoms with Gasteiger partial charge in [-0.25, -0.2) is 4.79 Å². The Balaban J connectivity index is 2.04. The molecule has 4 N–H and O–H groups in total. The van der Waals surface area contributed by atoms with Crippen LogP contribution in [0.1, 0.15) is 28.9 Å². The van der Waals surface area contributed by atoms with Crippen molar-refractivity contribution in [2.45, 2.75) is 13.0 Å². The number of primary amides is 1. The second kappa shape index (κ2) is 7.31. The number of carbonyl (C=O) groups is 2. The van der Waals surface area contributed by atoms with E-state index in [-0.39, 0.29) is 11.9 Å². The number of rotatable bonds is 5. The van der Waals surface area contributed by atoms with Crippen LogP contribution in [0.5, 0.6) is 5.75 Å². The minimum absolute atomic E-state index is 0.184. The van der Waals surface area contributed by atoms with Crippen LogP contribution < -0.4 is 21.1 Å². The van der Waals surface area contributed by atoms with Crippen molar-refractivity contribution in [2.24, 2.45) is 5.73 Å². The maximum absolute atomic E-state index is 12.3. The van der Waals surface area contributed by atoms with E-state index < -0.39 is 6.03 Å². The summed E-state index contributed by atoms with van der Waals surface area (Å²) in [5.41, 5.74) is 7.11. The molecule has 23 heavy (non-hydrogen) atoms. The predicted octanol–water partition coefficient (Wildman–Crippen LogP) is 2.68. The van der Waals surface area contributed by atoms with E-state index in [1.165, 1.54) is 0 Å². The molecule has 3 amide bonds. The Bertz CT molecular complexity index is 698. The number of anilines is 1. The quantitative estimate of drug-likeness (QED) is 0.792. The molecule has 120 valence electrons. The maximum Gasteiger partial charge on any atom is 0.316 e. The molecule has 0 aromatic heterocycles. The molecule has 6 heteroatoms. The summed E-state index contributed by atoms with van der Waals surface area (Å²) in [6, 6.07) is 13.3. The van der Waals surface area contributed by atoms with Crippen LogP contribution in [0.25, 0.3) is 0 Å². The number of ether oxygens (including phenoxy) is 1. The zero-order valence-electron chi connectivity index (χ0n) is 13.0. The fourth-order valence-corrected chi connectivity index (χ4v) is 2.13. The first-order chi connectivity index (χ1) is 11.0. The number of hydrogen-bond donors (Lipinski definition) is 3. The number of carbonyl (C=O) groups excluding carboxylic acids is 2. The zero-order chi connectivity index (χ0) is 16.8. The van der Waals surface area contributed by atoms with E-state index in [1.807, 2.05) is 19.1 Å². The number of nitrogens with two attached hydrogens (primary N) is 1. The Morgan fingerprint density at radius 3 is 2.43 bits per heavy atom. The summed E-state index contributed by atoms with van der Waals surface area (Å²) in [5.74, 6) is 0.447. The summed E-state index contributed by atoms with van der Waals surface area (Å²) >= 11 is 0. The molecule has 0 bridgehead atoms. The van der Waals surface area contributed by atoms with Gasteiger partial charge in [-0.2, -0.15) is 0 Å². The van der Waals surface area contributed by atoms with Gasteiger partial charge in [0.2, 0.25) is 0 Å². The number of methoxy groups -OCH3 is 1. The summed E-state index contributed by atoms with van der Waals surface area (Å²) < 4.78 is 5.11. The van der Waals surface area contributed by atoms with Crippen molar-refractivity contribution in [1.29, 1.82) is 0 Å².